The van der Waals surface area contributed by atoms with E-state index in [1.165, 1.54) is 16.2 Å². The van der Waals surface area contributed by atoms with Crippen LogP contribution in [0.15, 0.2) is 36.4 Å². The Balaban J connectivity index is 1.88. The lowest BCUT2D eigenvalue weighted by Gasteiger charge is -2.22. The third-order valence-corrected chi connectivity index (χ3v) is 5.11. The summed E-state index contributed by atoms with van der Waals surface area (Å²) < 4.78 is 0.627. The monoisotopic (exact) mass is 354 g/mol. The molecule has 0 saturated carbocycles. The number of rotatable bonds is 3. The molecule has 1 saturated heterocycles. The standard InChI is InChI=1S/C15H12Cl2N2O2S/c1-15(9-2-4-10(16)5-3-9)13(20)19(14(21)18-15)8-11-6-7-12(17)22-11/h2-7H,8H2,1H3,(H,18,21). The smallest absolute Gasteiger partial charge is 0.319 e. The van der Waals surface area contributed by atoms with Gasteiger partial charge in [-0.3, -0.25) is 9.69 Å². The molecule has 0 spiro atoms. The third-order valence-electron chi connectivity index (χ3n) is 3.64. The lowest BCUT2D eigenvalue weighted by atomic mass is 9.92. The molecule has 1 aromatic carbocycles. The number of nitrogens with zero attached hydrogens (tertiary/aromatic N) is 1. The van der Waals surface area contributed by atoms with E-state index >= 15 is 0 Å². The van der Waals surface area contributed by atoms with Gasteiger partial charge in [-0.25, -0.2) is 4.79 Å². The highest BCUT2D eigenvalue weighted by molar-refractivity contribution is 7.16. The summed E-state index contributed by atoms with van der Waals surface area (Å²) in [6.07, 6.45) is 0. The van der Waals surface area contributed by atoms with Gasteiger partial charge in [0.25, 0.3) is 5.91 Å². The van der Waals surface area contributed by atoms with Crippen LogP contribution in [0.1, 0.15) is 17.4 Å². The molecule has 2 heterocycles. The summed E-state index contributed by atoms with van der Waals surface area (Å²) in [6, 6.07) is 10.0. The first-order chi connectivity index (χ1) is 10.4. The van der Waals surface area contributed by atoms with E-state index in [1.54, 1.807) is 37.3 Å². The van der Waals surface area contributed by atoms with Gasteiger partial charge >= 0.3 is 6.03 Å². The van der Waals surface area contributed by atoms with Crippen molar-refractivity contribution in [3.63, 3.8) is 0 Å². The number of benzene rings is 1. The summed E-state index contributed by atoms with van der Waals surface area (Å²) in [4.78, 5) is 27.0. The molecule has 7 heteroatoms. The van der Waals surface area contributed by atoms with Crippen molar-refractivity contribution in [2.45, 2.75) is 19.0 Å². The number of nitrogens with one attached hydrogen (secondary N) is 1. The van der Waals surface area contributed by atoms with Gasteiger partial charge in [-0.05, 0) is 36.8 Å². The van der Waals surface area contributed by atoms with Crippen molar-refractivity contribution in [1.29, 1.82) is 0 Å². The van der Waals surface area contributed by atoms with E-state index in [4.69, 9.17) is 23.2 Å². The summed E-state index contributed by atoms with van der Waals surface area (Å²) in [5.74, 6) is -0.288. The number of carbonyl (C=O) groups is 2. The minimum absolute atomic E-state index is 0.214. The summed E-state index contributed by atoms with van der Waals surface area (Å²) in [5.41, 5.74) is -0.384. The molecule has 1 N–H and O–H groups in total. The molecule has 1 aromatic heterocycles. The molecular formula is C15H12Cl2N2O2S. The summed E-state index contributed by atoms with van der Waals surface area (Å²) in [6.45, 7) is 1.91. The Bertz CT molecular complexity index is 744. The maximum absolute atomic E-state index is 12.7. The Labute approximate surface area is 141 Å². The summed E-state index contributed by atoms with van der Waals surface area (Å²) in [7, 11) is 0. The Hall–Kier alpha value is -1.56. The minimum atomic E-state index is -1.08. The largest absolute Gasteiger partial charge is 0.325 e. The van der Waals surface area contributed by atoms with Crippen LogP contribution in [0.25, 0.3) is 0 Å². The molecule has 0 radical (unpaired) electrons. The van der Waals surface area contributed by atoms with Crippen LogP contribution in [0, 0.1) is 0 Å². The second kappa shape index (κ2) is 5.57. The van der Waals surface area contributed by atoms with E-state index in [2.05, 4.69) is 5.32 Å². The number of hydrogen-bond donors (Lipinski definition) is 1. The van der Waals surface area contributed by atoms with Crippen molar-refractivity contribution in [3.05, 3.63) is 56.2 Å². The first-order valence-electron chi connectivity index (χ1n) is 6.54. The molecule has 4 nitrogen and oxygen atoms in total. The number of hydrogen-bond acceptors (Lipinski definition) is 3. The molecule has 1 atom stereocenters. The molecular weight excluding hydrogens is 343 g/mol. The van der Waals surface area contributed by atoms with Gasteiger partial charge < -0.3 is 5.32 Å². The van der Waals surface area contributed by atoms with Gasteiger partial charge in [0.2, 0.25) is 0 Å². The zero-order valence-electron chi connectivity index (χ0n) is 11.6. The van der Waals surface area contributed by atoms with Gasteiger partial charge in [0.05, 0.1) is 10.9 Å². The average molecular weight is 355 g/mol. The minimum Gasteiger partial charge on any atom is -0.319 e. The van der Waals surface area contributed by atoms with E-state index < -0.39 is 11.6 Å². The normalized spacial score (nSPS) is 21.3. The number of halogens is 2. The van der Waals surface area contributed by atoms with Crippen molar-refractivity contribution >= 4 is 46.5 Å². The van der Waals surface area contributed by atoms with Crippen LogP contribution in [0.4, 0.5) is 4.79 Å². The number of carbonyl (C=O) groups excluding carboxylic acids is 2. The molecule has 3 amide bonds. The van der Waals surface area contributed by atoms with Crippen LogP contribution in [0.5, 0.6) is 0 Å². The highest BCUT2D eigenvalue weighted by Gasteiger charge is 2.48. The van der Waals surface area contributed by atoms with E-state index in [-0.39, 0.29) is 12.5 Å². The maximum atomic E-state index is 12.7. The van der Waals surface area contributed by atoms with Crippen LogP contribution in [0.3, 0.4) is 0 Å². The molecule has 114 valence electrons. The van der Waals surface area contributed by atoms with Crippen LogP contribution in [0.2, 0.25) is 9.36 Å². The first-order valence-corrected chi connectivity index (χ1v) is 8.12. The number of thiophene rings is 1. The van der Waals surface area contributed by atoms with Gasteiger partial charge in [0.15, 0.2) is 0 Å². The van der Waals surface area contributed by atoms with Crippen molar-refractivity contribution in [2.75, 3.05) is 0 Å². The Morgan fingerprint density at radius 3 is 2.41 bits per heavy atom. The molecule has 3 rings (SSSR count). The van der Waals surface area contributed by atoms with Gasteiger partial charge in [-0.2, -0.15) is 0 Å². The fraction of sp³-hybridized carbons (Fsp3) is 0.200. The van der Waals surface area contributed by atoms with Crippen LogP contribution < -0.4 is 5.32 Å². The van der Waals surface area contributed by atoms with Gasteiger partial charge in [0, 0.05) is 9.90 Å². The number of imide groups is 1. The Morgan fingerprint density at radius 2 is 1.82 bits per heavy atom. The zero-order chi connectivity index (χ0) is 15.9. The number of urea groups is 1. The first kappa shape index (κ1) is 15.3. The van der Waals surface area contributed by atoms with Gasteiger partial charge in [-0.15, -0.1) is 11.3 Å². The molecule has 0 aliphatic carbocycles. The summed E-state index contributed by atoms with van der Waals surface area (Å²) >= 11 is 13.1. The lowest BCUT2D eigenvalue weighted by molar-refractivity contribution is -0.131. The van der Waals surface area contributed by atoms with Crippen LogP contribution in [-0.2, 0) is 16.9 Å². The Morgan fingerprint density at radius 1 is 1.14 bits per heavy atom. The topological polar surface area (TPSA) is 49.4 Å². The van der Waals surface area contributed by atoms with Crippen molar-refractivity contribution < 1.29 is 9.59 Å². The molecule has 1 unspecified atom stereocenters. The second-order valence-corrected chi connectivity index (χ2v) is 7.40. The maximum Gasteiger partial charge on any atom is 0.325 e. The van der Waals surface area contributed by atoms with E-state index in [0.29, 0.717) is 14.9 Å². The predicted molar refractivity (Wildman–Crippen MR) is 87.2 cm³/mol. The molecule has 1 fully saturated rings. The molecule has 1 aliphatic heterocycles. The molecule has 2 aromatic rings. The highest BCUT2D eigenvalue weighted by atomic mass is 35.5. The third kappa shape index (κ3) is 2.60. The van der Waals surface area contributed by atoms with Crippen molar-refractivity contribution in [2.24, 2.45) is 0 Å². The summed E-state index contributed by atoms with van der Waals surface area (Å²) in [5, 5.41) is 3.34. The molecule has 1 aliphatic rings. The zero-order valence-corrected chi connectivity index (χ0v) is 13.9. The lowest BCUT2D eigenvalue weighted by Crippen LogP contribution is -2.40. The fourth-order valence-corrected chi connectivity index (χ4v) is 3.61. The quantitative estimate of drug-likeness (QED) is 0.846. The van der Waals surface area contributed by atoms with E-state index in [9.17, 15) is 9.59 Å². The van der Waals surface area contributed by atoms with Crippen molar-refractivity contribution in [1.82, 2.24) is 10.2 Å². The second-order valence-electron chi connectivity index (χ2n) is 5.16. The number of amides is 3. The molecule has 22 heavy (non-hydrogen) atoms. The van der Waals surface area contributed by atoms with Crippen LogP contribution in [-0.4, -0.2) is 16.8 Å². The highest BCUT2D eigenvalue weighted by Crippen LogP contribution is 2.32. The van der Waals surface area contributed by atoms with E-state index in [1.807, 2.05) is 6.07 Å². The van der Waals surface area contributed by atoms with Crippen molar-refractivity contribution in [3.8, 4) is 0 Å². The SMILES string of the molecule is CC1(c2ccc(Cl)cc2)NC(=O)N(Cc2ccc(Cl)s2)C1=O. The van der Waals surface area contributed by atoms with Gasteiger partial charge in [0.1, 0.15) is 5.54 Å². The van der Waals surface area contributed by atoms with Crippen LogP contribution >= 0.6 is 34.5 Å². The predicted octanol–water partition coefficient (Wildman–Crippen LogP) is 4.02. The molecule has 0 bridgehead atoms. The Kier molecular flexibility index (Phi) is 3.89. The van der Waals surface area contributed by atoms with E-state index in [0.717, 1.165) is 4.88 Å². The fourth-order valence-electron chi connectivity index (χ4n) is 2.41. The van der Waals surface area contributed by atoms with Gasteiger partial charge in [-0.1, -0.05) is 35.3 Å². The average Bonchev–Trinajstić information content (AvgIpc) is 2.97.